The van der Waals surface area contributed by atoms with E-state index in [0.717, 1.165) is 0 Å². The van der Waals surface area contributed by atoms with Crippen molar-refractivity contribution in [3.05, 3.63) is 82.9 Å². The van der Waals surface area contributed by atoms with Crippen LogP contribution >= 0.6 is 0 Å². The van der Waals surface area contributed by atoms with Gasteiger partial charge in [-0.2, -0.15) is 0 Å². The van der Waals surface area contributed by atoms with Crippen molar-refractivity contribution in [3.8, 4) is 0 Å². The van der Waals surface area contributed by atoms with Gasteiger partial charge in [0, 0.05) is 0 Å². The van der Waals surface area contributed by atoms with Crippen molar-refractivity contribution in [1.82, 2.24) is 0 Å². The molecular formula is C28H40SiZr. The van der Waals surface area contributed by atoms with Crippen LogP contribution in [0.15, 0.2) is 60.7 Å². The van der Waals surface area contributed by atoms with E-state index in [4.69, 9.17) is 0 Å². The van der Waals surface area contributed by atoms with E-state index >= 15 is 0 Å². The second kappa shape index (κ2) is 6.52. The number of fused-ring (bicyclic) bond motifs is 2. The van der Waals surface area contributed by atoms with Crippen LogP contribution in [0.3, 0.4) is 0 Å². The van der Waals surface area contributed by atoms with E-state index in [-0.39, 0.29) is 0 Å². The number of hydrogen-bond acceptors (Lipinski definition) is 0. The molecule has 2 aromatic carbocycles. The fourth-order valence-corrected chi connectivity index (χ4v) is 42.6. The minimum atomic E-state index is -4.54. The predicted octanol–water partition coefficient (Wildman–Crippen LogP) is 8.36. The third-order valence-electron chi connectivity index (χ3n) is 9.87. The fraction of sp³-hybridized carbons (Fsp3) is 0.429. The molecule has 0 nitrogen and oxygen atoms in total. The normalized spacial score (nSPS) is 23.3. The van der Waals surface area contributed by atoms with Gasteiger partial charge >= 0.3 is 181 Å². The topological polar surface area (TPSA) is 0 Å². The molecule has 0 heterocycles. The van der Waals surface area contributed by atoms with Crippen LogP contribution in [0.5, 0.6) is 0 Å². The SMILES string of the molecule is CCC[CH2][Zr]([CH3])([CH3])(=[SiH2])([CH2]CCC)([CH]1C=Cc2ccccc21)[CH]1C=Cc2ccccc21. The second-order valence-corrected chi connectivity index (χ2v) is 66.8. The van der Waals surface area contributed by atoms with Gasteiger partial charge in [0.25, 0.3) is 0 Å². The zero-order valence-electron chi connectivity index (χ0n) is 19.5. The van der Waals surface area contributed by atoms with Crippen molar-refractivity contribution >= 4 is 19.0 Å². The van der Waals surface area contributed by atoms with Crippen LogP contribution in [0.4, 0.5) is 0 Å². The molecule has 2 unspecified atom stereocenters. The van der Waals surface area contributed by atoms with Gasteiger partial charge < -0.3 is 0 Å². The molecule has 0 saturated carbocycles. The summed E-state index contributed by atoms with van der Waals surface area (Å²) in [6.45, 7) is 7.32. The first-order valence-corrected chi connectivity index (χ1v) is 29.3. The first kappa shape index (κ1) is 22.2. The van der Waals surface area contributed by atoms with Gasteiger partial charge in [0.05, 0.1) is 0 Å². The Morgan fingerprint density at radius 2 is 1.10 bits per heavy atom. The van der Waals surface area contributed by atoms with Crippen LogP contribution in [0.1, 0.15) is 69.0 Å². The van der Waals surface area contributed by atoms with E-state index in [1.54, 1.807) is 11.1 Å². The molecular weight excluding hydrogens is 456 g/mol. The van der Waals surface area contributed by atoms with Crippen LogP contribution in [-0.4, -0.2) is 6.88 Å². The van der Waals surface area contributed by atoms with E-state index in [9.17, 15) is 0 Å². The third-order valence-corrected chi connectivity index (χ3v) is 49.1. The number of hydrogen-bond donors (Lipinski definition) is 0. The first-order valence-electron chi connectivity index (χ1n) is 12.2. The van der Waals surface area contributed by atoms with E-state index in [0.29, 0.717) is 7.25 Å². The Bertz CT molecular complexity index is 1080. The van der Waals surface area contributed by atoms with E-state index in [2.05, 4.69) is 103 Å². The van der Waals surface area contributed by atoms with E-state index in [1.807, 2.05) is 0 Å². The number of allylic oxidation sites excluding steroid dienone is 2. The molecule has 0 fully saturated rings. The van der Waals surface area contributed by atoms with Gasteiger partial charge in [0.1, 0.15) is 0 Å². The first-order chi connectivity index (χ1) is 14.1. The van der Waals surface area contributed by atoms with Gasteiger partial charge in [-0.15, -0.1) is 0 Å². The monoisotopic (exact) mass is 494 g/mol. The van der Waals surface area contributed by atoms with Crippen molar-refractivity contribution in [1.29, 1.82) is 0 Å². The predicted molar refractivity (Wildman–Crippen MR) is 136 cm³/mol. The summed E-state index contributed by atoms with van der Waals surface area (Å²) in [5.74, 6) is 0. The summed E-state index contributed by atoms with van der Waals surface area (Å²) in [5.41, 5.74) is 6.11. The molecule has 2 heteroatoms. The number of rotatable bonds is 8. The summed E-state index contributed by atoms with van der Waals surface area (Å²) < 4.78 is 9.70. The summed E-state index contributed by atoms with van der Waals surface area (Å²) in [7, 11) is 0. The van der Waals surface area contributed by atoms with Gasteiger partial charge in [-0.3, -0.25) is 0 Å². The molecule has 0 amide bonds. The van der Waals surface area contributed by atoms with Crippen molar-refractivity contribution in [2.75, 3.05) is 0 Å². The Morgan fingerprint density at radius 3 is 1.50 bits per heavy atom. The van der Waals surface area contributed by atoms with Crippen LogP contribution in [0, 0.1) is 0 Å². The Hall–Kier alpha value is -0.980. The molecule has 0 aliphatic heterocycles. The van der Waals surface area contributed by atoms with Gasteiger partial charge in [-0.1, -0.05) is 0 Å². The molecule has 0 N–H and O–H groups in total. The zero-order valence-corrected chi connectivity index (χ0v) is 23.4. The molecule has 2 aliphatic rings. The Balaban J connectivity index is 2.10. The summed E-state index contributed by atoms with van der Waals surface area (Å²) in [6, 6.07) is 18.5. The molecule has 0 aromatic heterocycles. The van der Waals surface area contributed by atoms with Gasteiger partial charge in [0.15, 0.2) is 0 Å². The maximum absolute atomic E-state index is 4.54. The van der Waals surface area contributed by atoms with E-state index in [1.165, 1.54) is 45.1 Å². The van der Waals surface area contributed by atoms with Crippen LogP contribution in [-0.2, 0) is 14.4 Å². The molecule has 2 aliphatic carbocycles. The summed E-state index contributed by atoms with van der Waals surface area (Å²) in [5, 5.41) is 0. The van der Waals surface area contributed by atoms with Crippen molar-refractivity contribution in [2.24, 2.45) is 0 Å². The minimum absolute atomic E-state index is 0.565. The molecule has 0 bridgehead atoms. The standard InChI is InChI=1S/2C9H7.2C4H9.2CH3.H2Si.Zr/c2*1-2-5-9-7-3-6-8(9)4-1;2*1-3-4-2;;;;/h2*1-7H;2*1,3-4H2,2H3;2*1H3;1H2;. The third kappa shape index (κ3) is 2.93. The molecule has 2 atom stereocenters. The summed E-state index contributed by atoms with van der Waals surface area (Å²) in [6.07, 6.45) is 15.4. The van der Waals surface area contributed by atoms with Crippen molar-refractivity contribution in [2.45, 2.75) is 64.3 Å². The maximum atomic E-state index is 2.88. The molecule has 30 heavy (non-hydrogen) atoms. The van der Waals surface area contributed by atoms with Crippen LogP contribution < -0.4 is 0 Å². The number of benzene rings is 2. The quantitative estimate of drug-likeness (QED) is 0.323. The molecule has 0 radical (unpaired) electrons. The Labute approximate surface area is 179 Å². The molecule has 2 aromatic rings. The summed E-state index contributed by atoms with van der Waals surface area (Å²) >= 11 is -4.54. The summed E-state index contributed by atoms with van der Waals surface area (Å²) in [4.78, 5) is 0. The van der Waals surface area contributed by atoms with Crippen LogP contribution in [0.25, 0.3) is 12.2 Å². The van der Waals surface area contributed by atoms with Crippen molar-refractivity contribution in [3.63, 3.8) is 0 Å². The second-order valence-electron chi connectivity index (χ2n) is 13.1. The molecule has 0 spiro atoms. The van der Waals surface area contributed by atoms with Gasteiger partial charge in [-0.25, -0.2) is 0 Å². The molecule has 0 saturated heterocycles. The molecule has 4 rings (SSSR count). The van der Waals surface area contributed by atoms with Gasteiger partial charge in [0.2, 0.25) is 0 Å². The average molecular weight is 496 g/mol. The zero-order chi connectivity index (χ0) is 21.6. The average Bonchev–Trinajstić information content (AvgIpc) is 3.38. The van der Waals surface area contributed by atoms with Gasteiger partial charge in [-0.05, 0) is 0 Å². The number of unbranched alkanes of at least 4 members (excludes halogenated alkanes) is 2. The van der Waals surface area contributed by atoms with Crippen molar-refractivity contribution < 1.29 is 14.4 Å². The molecule has 160 valence electrons. The fourth-order valence-electron chi connectivity index (χ4n) is 7.77. The van der Waals surface area contributed by atoms with E-state index < -0.39 is 14.4 Å². The van der Waals surface area contributed by atoms with Crippen LogP contribution in [0.2, 0.25) is 17.5 Å². The Kier molecular flexibility index (Phi) is 4.83. The Morgan fingerprint density at radius 1 is 0.700 bits per heavy atom.